The Morgan fingerprint density at radius 1 is 1.53 bits per heavy atom. The molecule has 1 aromatic heterocycles. The van der Waals surface area contributed by atoms with Crippen LogP contribution in [0.4, 0.5) is 0 Å². The molecule has 1 saturated heterocycles. The lowest BCUT2D eigenvalue weighted by molar-refractivity contribution is 0.00360. The zero-order chi connectivity index (χ0) is 12.8. The van der Waals surface area contributed by atoms with Crippen molar-refractivity contribution in [3.63, 3.8) is 0 Å². The zero-order valence-electron chi connectivity index (χ0n) is 9.63. The highest BCUT2D eigenvalue weighted by Gasteiger charge is 2.25. The van der Waals surface area contributed by atoms with Crippen LogP contribution < -0.4 is 17.0 Å². The Kier molecular flexibility index (Phi) is 5.08. The maximum Gasteiger partial charge on any atom is 0.330 e. The molecule has 0 radical (unpaired) electrons. The normalized spacial score (nSPS) is 23.0. The van der Waals surface area contributed by atoms with Crippen LogP contribution in [0.5, 0.6) is 0 Å². The number of rotatable bonds is 2. The summed E-state index contributed by atoms with van der Waals surface area (Å²) in [6.07, 6.45) is 2.74. The lowest BCUT2D eigenvalue weighted by Crippen LogP contribution is -2.32. The molecule has 2 rings (SSSR count). The van der Waals surface area contributed by atoms with Gasteiger partial charge in [0, 0.05) is 25.9 Å². The number of hydrogen-bond acceptors (Lipinski definition) is 5. The van der Waals surface area contributed by atoms with Gasteiger partial charge in [-0.05, 0) is 12.8 Å². The lowest BCUT2D eigenvalue weighted by Gasteiger charge is -2.14. The fraction of sp³-hybridized carbons (Fsp3) is 0.600. The zero-order valence-corrected chi connectivity index (χ0v) is 9.63. The van der Waals surface area contributed by atoms with Crippen LogP contribution in [-0.4, -0.2) is 34.4 Å². The van der Waals surface area contributed by atoms with E-state index in [1.54, 1.807) is 0 Å². The van der Waals surface area contributed by atoms with Gasteiger partial charge in [-0.2, -0.15) is 0 Å². The summed E-state index contributed by atoms with van der Waals surface area (Å²) in [7, 11) is 1.00. The second kappa shape index (κ2) is 6.33. The SMILES string of the molecule is CO.NCC1CCC(n2ccc(=O)[nH]c2=O)O1. The average molecular weight is 243 g/mol. The molecule has 0 saturated carbocycles. The molecule has 0 spiro atoms. The fourth-order valence-electron chi connectivity index (χ4n) is 1.72. The molecule has 7 nitrogen and oxygen atoms in total. The Bertz CT molecular complexity index is 453. The van der Waals surface area contributed by atoms with Gasteiger partial charge >= 0.3 is 5.69 Å². The molecule has 96 valence electrons. The second-order valence-electron chi connectivity index (χ2n) is 3.54. The Labute approximate surface area is 97.8 Å². The van der Waals surface area contributed by atoms with E-state index >= 15 is 0 Å². The van der Waals surface area contributed by atoms with Crippen LogP contribution in [0.3, 0.4) is 0 Å². The molecule has 0 amide bonds. The predicted molar refractivity (Wildman–Crippen MR) is 61.7 cm³/mol. The first kappa shape index (κ1) is 13.6. The Morgan fingerprint density at radius 3 is 2.76 bits per heavy atom. The number of aliphatic hydroxyl groups is 1. The van der Waals surface area contributed by atoms with Gasteiger partial charge in [0.1, 0.15) is 6.23 Å². The minimum atomic E-state index is -0.440. The van der Waals surface area contributed by atoms with Gasteiger partial charge in [0.05, 0.1) is 6.10 Å². The fourth-order valence-corrected chi connectivity index (χ4v) is 1.72. The van der Waals surface area contributed by atoms with E-state index in [1.165, 1.54) is 16.8 Å². The summed E-state index contributed by atoms with van der Waals surface area (Å²) in [5.74, 6) is 0. The highest BCUT2D eigenvalue weighted by molar-refractivity contribution is 4.86. The van der Waals surface area contributed by atoms with E-state index in [1.807, 2.05) is 0 Å². The molecule has 4 N–H and O–H groups in total. The van der Waals surface area contributed by atoms with Crippen molar-refractivity contribution < 1.29 is 9.84 Å². The third kappa shape index (κ3) is 3.26. The summed E-state index contributed by atoms with van der Waals surface area (Å²) in [4.78, 5) is 24.5. The number of aromatic nitrogens is 2. The summed E-state index contributed by atoms with van der Waals surface area (Å²) in [5, 5.41) is 7.00. The molecule has 0 aliphatic carbocycles. The standard InChI is InChI=1S/C9H13N3O3.CH4O/c10-5-6-1-2-8(15-6)12-4-3-7(13)11-9(12)14;1-2/h3-4,6,8H,1-2,5,10H2,(H,11,13,14);2H,1H3. The van der Waals surface area contributed by atoms with Gasteiger partial charge < -0.3 is 15.6 Å². The number of nitrogens with one attached hydrogen (secondary N) is 1. The summed E-state index contributed by atoms with van der Waals surface area (Å²) >= 11 is 0. The van der Waals surface area contributed by atoms with Crippen molar-refractivity contribution in [3.05, 3.63) is 33.1 Å². The largest absolute Gasteiger partial charge is 0.400 e. The van der Waals surface area contributed by atoms with Crippen LogP contribution >= 0.6 is 0 Å². The Morgan fingerprint density at radius 2 is 2.24 bits per heavy atom. The third-order valence-electron chi connectivity index (χ3n) is 2.51. The van der Waals surface area contributed by atoms with Crippen molar-refractivity contribution >= 4 is 0 Å². The minimum Gasteiger partial charge on any atom is -0.400 e. The Hall–Kier alpha value is -1.44. The first-order valence-electron chi connectivity index (χ1n) is 5.32. The second-order valence-corrected chi connectivity index (χ2v) is 3.54. The monoisotopic (exact) mass is 243 g/mol. The van der Waals surface area contributed by atoms with Crippen LogP contribution in [-0.2, 0) is 4.74 Å². The molecular formula is C10H17N3O4. The molecule has 2 atom stereocenters. The molecular weight excluding hydrogens is 226 g/mol. The molecule has 2 heterocycles. The number of aliphatic hydroxyl groups excluding tert-OH is 1. The molecule has 1 aliphatic rings. The summed E-state index contributed by atoms with van der Waals surface area (Å²) in [6.45, 7) is 0.453. The van der Waals surface area contributed by atoms with Crippen LogP contribution in [0.1, 0.15) is 19.1 Å². The smallest absolute Gasteiger partial charge is 0.330 e. The van der Waals surface area contributed by atoms with E-state index in [4.69, 9.17) is 15.6 Å². The van der Waals surface area contributed by atoms with Crippen molar-refractivity contribution in [2.24, 2.45) is 5.73 Å². The number of nitrogens with zero attached hydrogens (tertiary/aromatic N) is 1. The van der Waals surface area contributed by atoms with E-state index in [0.29, 0.717) is 6.54 Å². The maximum atomic E-state index is 11.4. The molecule has 7 heteroatoms. The molecule has 1 fully saturated rings. The van der Waals surface area contributed by atoms with Crippen LogP contribution in [0.15, 0.2) is 21.9 Å². The van der Waals surface area contributed by atoms with Crippen LogP contribution in [0, 0.1) is 0 Å². The van der Waals surface area contributed by atoms with Gasteiger partial charge in [-0.25, -0.2) is 4.79 Å². The van der Waals surface area contributed by atoms with E-state index in [9.17, 15) is 9.59 Å². The summed E-state index contributed by atoms with van der Waals surface area (Å²) in [5.41, 5.74) is 4.63. The quantitative estimate of drug-likeness (QED) is 0.603. The highest BCUT2D eigenvalue weighted by Crippen LogP contribution is 2.25. The van der Waals surface area contributed by atoms with E-state index in [-0.39, 0.29) is 12.3 Å². The van der Waals surface area contributed by atoms with Crippen LogP contribution in [0.2, 0.25) is 0 Å². The van der Waals surface area contributed by atoms with Crippen LogP contribution in [0.25, 0.3) is 0 Å². The molecule has 17 heavy (non-hydrogen) atoms. The van der Waals surface area contributed by atoms with Crippen molar-refractivity contribution in [2.75, 3.05) is 13.7 Å². The predicted octanol–water partition coefficient (Wildman–Crippen LogP) is -1.22. The number of aromatic amines is 1. The van der Waals surface area contributed by atoms with E-state index in [0.717, 1.165) is 20.0 Å². The van der Waals surface area contributed by atoms with Crippen molar-refractivity contribution in [2.45, 2.75) is 25.2 Å². The topological polar surface area (TPSA) is 110 Å². The lowest BCUT2D eigenvalue weighted by atomic mass is 10.2. The number of ether oxygens (including phenoxy) is 1. The van der Waals surface area contributed by atoms with Gasteiger partial charge in [0.15, 0.2) is 0 Å². The van der Waals surface area contributed by atoms with Gasteiger partial charge in [-0.15, -0.1) is 0 Å². The molecule has 2 unspecified atom stereocenters. The van der Waals surface area contributed by atoms with Gasteiger partial charge in [-0.1, -0.05) is 0 Å². The molecule has 0 aromatic carbocycles. The first-order chi connectivity index (χ1) is 8.20. The third-order valence-corrected chi connectivity index (χ3v) is 2.51. The van der Waals surface area contributed by atoms with E-state index in [2.05, 4.69) is 4.98 Å². The highest BCUT2D eigenvalue weighted by atomic mass is 16.5. The molecule has 1 aromatic rings. The van der Waals surface area contributed by atoms with E-state index < -0.39 is 11.2 Å². The summed E-state index contributed by atoms with van der Waals surface area (Å²) < 4.78 is 6.92. The molecule has 0 bridgehead atoms. The van der Waals surface area contributed by atoms with Crippen molar-refractivity contribution in [1.29, 1.82) is 0 Å². The number of H-pyrrole nitrogens is 1. The number of nitrogens with two attached hydrogens (primary N) is 1. The Balaban J connectivity index is 0.000000686. The average Bonchev–Trinajstić information content (AvgIpc) is 2.80. The number of hydrogen-bond donors (Lipinski definition) is 3. The molecule has 1 aliphatic heterocycles. The van der Waals surface area contributed by atoms with Crippen molar-refractivity contribution in [1.82, 2.24) is 9.55 Å². The maximum absolute atomic E-state index is 11.4. The van der Waals surface area contributed by atoms with Gasteiger partial charge in [0.2, 0.25) is 0 Å². The minimum absolute atomic E-state index is 0.00817. The van der Waals surface area contributed by atoms with Crippen molar-refractivity contribution in [3.8, 4) is 0 Å². The van der Waals surface area contributed by atoms with Gasteiger partial charge in [0.25, 0.3) is 5.56 Å². The first-order valence-corrected chi connectivity index (χ1v) is 5.32. The summed E-state index contributed by atoms with van der Waals surface area (Å²) in [6, 6.07) is 1.31. The van der Waals surface area contributed by atoms with Gasteiger partial charge in [-0.3, -0.25) is 14.3 Å².